The molecule has 2 N–H and O–H groups in total. The number of rotatable bonds is 6. The zero-order valence-corrected chi connectivity index (χ0v) is 13.8. The van der Waals surface area contributed by atoms with E-state index in [1.54, 1.807) is 0 Å². The summed E-state index contributed by atoms with van der Waals surface area (Å²) in [6.07, 6.45) is 0.160. The van der Waals surface area contributed by atoms with Crippen molar-refractivity contribution < 1.29 is 9.53 Å². The lowest BCUT2D eigenvalue weighted by Crippen LogP contribution is -2.24. The van der Waals surface area contributed by atoms with E-state index in [1.807, 2.05) is 49.5 Å². The van der Waals surface area contributed by atoms with Gasteiger partial charge in [-0.1, -0.05) is 54.3 Å². The van der Waals surface area contributed by atoms with E-state index in [2.05, 4.69) is 34.6 Å². The number of carbonyl (C=O) groups is 1. The minimum atomic E-state index is -0.420. The topological polar surface area (TPSA) is 50.4 Å². The van der Waals surface area contributed by atoms with Gasteiger partial charge in [-0.15, -0.1) is 0 Å². The normalized spacial score (nSPS) is 9.71. The lowest BCUT2D eigenvalue weighted by Gasteiger charge is -2.05. The maximum absolute atomic E-state index is 11.6. The molecule has 0 aliphatic carbocycles. The van der Waals surface area contributed by atoms with Gasteiger partial charge in [0, 0.05) is 25.1 Å². The Hall–Kier alpha value is -2.77. The molecule has 4 nitrogen and oxygen atoms in total. The molecule has 0 heterocycles. The predicted molar refractivity (Wildman–Crippen MR) is 95.3 cm³/mol. The smallest absolute Gasteiger partial charge is 0.407 e. The molecule has 0 unspecified atom stereocenters. The molecule has 0 aliphatic heterocycles. The average molecular weight is 322 g/mol. The molecule has 0 radical (unpaired) electrons. The maximum Gasteiger partial charge on any atom is 0.407 e. The summed E-state index contributed by atoms with van der Waals surface area (Å²) in [5, 5.41) is 5.81. The lowest BCUT2D eigenvalue weighted by molar-refractivity contribution is 0.140. The van der Waals surface area contributed by atoms with Crippen LogP contribution in [0.5, 0.6) is 0 Å². The van der Waals surface area contributed by atoms with Crippen molar-refractivity contribution in [2.24, 2.45) is 0 Å². The van der Waals surface area contributed by atoms with E-state index in [9.17, 15) is 4.79 Å². The third-order valence-electron chi connectivity index (χ3n) is 3.27. The van der Waals surface area contributed by atoms with Crippen molar-refractivity contribution >= 4 is 6.09 Å². The second kappa shape index (κ2) is 10.1. The average Bonchev–Trinajstić information content (AvgIpc) is 2.61. The molecule has 124 valence electrons. The summed E-state index contributed by atoms with van der Waals surface area (Å²) >= 11 is 0. The molecule has 1 amide bonds. The van der Waals surface area contributed by atoms with Gasteiger partial charge in [0.05, 0.1) is 0 Å². The Morgan fingerprint density at radius 1 is 1.08 bits per heavy atom. The van der Waals surface area contributed by atoms with E-state index in [-0.39, 0.29) is 6.61 Å². The van der Waals surface area contributed by atoms with E-state index >= 15 is 0 Å². The molecule has 2 aromatic rings. The van der Waals surface area contributed by atoms with Gasteiger partial charge >= 0.3 is 6.09 Å². The molecule has 2 rings (SSSR count). The van der Waals surface area contributed by atoms with Crippen molar-refractivity contribution in [3.05, 3.63) is 71.3 Å². The van der Waals surface area contributed by atoms with Crippen LogP contribution in [0.1, 0.15) is 23.1 Å². The minimum absolute atomic E-state index is 0.274. The third-order valence-corrected chi connectivity index (χ3v) is 3.27. The number of amides is 1. The number of hydrogen-bond donors (Lipinski definition) is 2. The summed E-state index contributed by atoms with van der Waals surface area (Å²) in [4.78, 5) is 11.6. The summed E-state index contributed by atoms with van der Waals surface area (Å²) < 4.78 is 5.13. The van der Waals surface area contributed by atoms with Crippen LogP contribution in [0.4, 0.5) is 4.79 Å². The van der Waals surface area contributed by atoms with Gasteiger partial charge in [-0.2, -0.15) is 0 Å². The van der Waals surface area contributed by atoms with Crippen molar-refractivity contribution in [1.29, 1.82) is 0 Å². The minimum Gasteiger partial charge on any atom is -0.445 e. The van der Waals surface area contributed by atoms with Gasteiger partial charge in [-0.05, 0) is 30.3 Å². The van der Waals surface area contributed by atoms with Gasteiger partial charge in [-0.25, -0.2) is 4.79 Å². The molecule has 0 saturated heterocycles. The van der Waals surface area contributed by atoms with Crippen molar-refractivity contribution in [3.8, 4) is 11.8 Å². The molecule has 24 heavy (non-hydrogen) atoms. The monoisotopic (exact) mass is 322 g/mol. The lowest BCUT2D eigenvalue weighted by atomic mass is 10.1. The van der Waals surface area contributed by atoms with E-state index < -0.39 is 6.09 Å². The second-order valence-electron chi connectivity index (χ2n) is 5.27. The summed E-state index contributed by atoms with van der Waals surface area (Å²) in [6, 6.07) is 17.7. The predicted octanol–water partition coefficient (Wildman–Crippen LogP) is 3.07. The molecule has 0 aromatic heterocycles. The van der Waals surface area contributed by atoms with Crippen LogP contribution in [0, 0.1) is 11.8 Å². The molecule has 2 aromatic carbocycles. The van der Waals surface area contributed by atoms with Crippen molar-refractivity contribution in [3.63, 3.8) is 0 Å². The Kier molecular flexibility index (Phi) is 7.39. The summed E-state index contributed by atoms with van der Waals surface area (Å²) in [5.41, 5.74) is 3.15. The fourth-order valence-corrected chi connectivity index (χ4v) is 2.13. The first kappa shape index (κ1) is 17.6. The Labute approximate surface area is 143 Å². The Morgan fingerprint density at radius 2 is 1.88 bits per heavy atom. The van der Waals surface area contributed by atoms with E-state index in [4.69, 9.17) is 4.74 Å². The molecule has 0 spiro atoms. The Balaban J connectivity index is 1.67. The first-order valence-electron chi connectivity index (χ1n) is 7.95. The molecule has 0 atom stereocenters. The highest BCUT2D eigenvalue weighted by Gasteiger charge is 2.00. The van der Waals surface area contributed by atoms with Crippen molar-refractivity contribution in [2.75, 3.05) is 13.6 Å². The van der Waals surface area contributed by atoms with Crippen LogP contribution in [-0.4, -0.2) is 19.7 Å². The summed E-state index contributed by atoms with van der Waals surface area (Å²) in [5.74, 6) is 6.16. The molecule has 0 bridgehead atoms. The van der Waals surface area contributed by atoms with Gasteiger partial charge in [-0.3, -0.25) is 0 Å². The van der Waals surface area contributed by atoms with E-state index in [1.165, 1.54) is 5.56 Å². The second-order valence-corrected chi connectivity index (χ2v) is 5.27. The fourth-order valence-electron chi connectivity index (χ4n) is 2.13. The van der Waals surface area contributed by atoms with Gasteiger partial charge in [0.15, 0.2) is 0 Å². The Bertz CT molecular complexity index is 702. The number of carbonyl (C=O) groups excluding carboxylic acids is 1. The third kappa shape index (κ3) is 6.55. The zero-order valence-electron chi connectivity index (χ0n) is 13.8. The van der Waals surface area contributed by atoms with Crippen LogP contribution in [0.15, 0.2) is 54.6 Å². The van der Waals surface area contributed by atoms with Crippen LogP contribution < -0.4 is 10.6 Å². The van der Waals surface area contributed by atoms with Crippen molar-refractivity contribution in [1.82, 2.24) is 10.6 Å². The van der Waals surface area contributed by atoms with Crippen LogP contribution in [0.2, 0.25) is 0 Å². The van der Waals surface area contributed by atoms with Gasteiger partial charge in [0.2, 0.25) is 0 Å². The number of hydrogen-bond acceptors (Lipinski definition) is 3. The highest BCUT2D eigenvalue weighted by molar-refractivity contribution is 5.67. The van der Waals surface area contributed by atoms with E-state index in [0.29, 0.717) is 13.0 Å². The zero-order chi connectivity index (χ0) is 17.0. The molecule has 0 fully saturated rings. The number of ether oxygens (including phenoxy) is 1. The first-order valence-corrected chi connectivity index (χ1v) is 7.95. The largest absolute Gasteiger partial charge is 0.445 e. The Morgan fingerprint density at radius 3 is 2.67 bits per heavy atom. The highest BCUT2D eigenvalue weighted by Crippen LogP contribution is 2.03. The van der Waals surface area contributed by atoms with Crippen LogP contribution in [0.25, 0.3) is 0 Å². The van der Waals surface area contributed by atoms with Crippen LogP contribution in [0.3, 0.4) is 0 Å². The molecule has 4 heteroatoms. The number of benzene rings is 2. The SMILES string of the molecule is CNCc1cccc(C#CCCNC(=O)OCc2ccccc2)c1. The maximum atomic E-state index is 11.6. The highest BCUT2D eigenvalue weighted by atomic mass is 16.5. The van der Waals surface area contributed by atoms with Crippen LogP contribution in [-0.2, 0) is 17.9 Å². The molecule has 0 saturated carbocycles. The first-order chi connectivity index (χ1) is 11.8. The van der Waals surface area contributed by atoms with Gasteiger partial charge in [0.25, 0.3) is 0 Å². The molecule has 0 aliphatic rings. The summed E-state index contributed by atoms with van der Waals surface area (Å²) in [6.45, 7) is 1.57. The fraction of sp³-hybridized carbons (Fsp3) is 0.250. The molecular weight excluding hydrogens is 300 g/mol. The van der Waals surface area contributed by atoms with Crippen molar-refractivity contribution in [2.45, 2.75) is 19.6 Å². The molecular formula is C20H22N2O2. The van der Waals surface area contributed by atoms with Gasteiger partial charge < -0.3 is 15.4 Å². The quantitative estimate of drug-likeness (QED) is 0.635. The standard InChI is InChI=1S/C20H22N2O2/c1-21-15-19-12-7-11-17(14-19)8-5-6-13-22-20(23)24-16-18-9-3-2-4-10-18/h2-4,7,9-12,14,21H,6,13,15-16H2,1H3,(H,22,23). The van der Waals surface area contributed by atoms with Crippen LogP contribution >= 0.6 is 0 Å². The summed E-state index contributed by atoms with van der Waals surface area (Å²) in [7, 11) is 1.92. The number of nitrogens with one attached hydrogen (secondary N) is 2. The van der Waals surface area contributed by atoms with E-state index in [0.717, 1.165) is 17.7 Å². The number of alkyl carbamates (subject to hydrolysis) is 1. The van der Waals surface area contributed by atoms with Gasteiger partial charge in [0.1, 0.15) is 6.61 Å².